The first-order valence-corrected chi connectivity index (χ1v) is 11.1. The third-order valence-corrected chi connectivity index (χ3v) is 6.36. The number of halogens is 1. The van der Waals surface area contributed by atoms with Crippen LogP contribution in [0.1, 0.15) is 22.7 Å². The molecule has 1 aromatic heterocycles. The van der Waals surface area contributed by atoms with Gasteiger partial charge in [0.25, 0.3) is 0 Å². The minimum atomic E-state index is -0.0466. The second-order valence-corrected chi connectivity index (χ2v) is 8.29. The number of hydrogen-bond acceptors (Lipinski definition) is 2. The predicted octanol–water partition coefficient (Wildman–Crippen LogP) is 7.62. The van der Waals surface area contributed by atoms with Gasteiger partial charge >= 0.3 is 0 Å². The summed E-state index contributed by atoms with van der Waals surface area (Å²) in [5.41, 5.74) is 9.37. The number of benzene rings is 4. The van der Waals surface area contributed by atoms with Crippen LogP contribution >= 0.6 is 11.6 Å². The lowest BCUT2D eigenvalue weighted by atomic mass is 9.93. The highest BCUT2D eigenvalue weighted by molar-refractivity contribution is 6.30. The van der Waals surface area contributed by atoms with Gasteiger partial charge in [-0.25, -0.2) is 9.97 Å². The van der Waals surface area contributed by atoms with E-state index >= 15 is 0 Å². The standard InChI is InChI=1S/C29H19ClN2/c30-29-28(25-23-17-9-7-15-21(23)22-16-8-10-18-24(22)25)31-26(19-11-3-1-4-12-19)27(32-29)20-13-5-2-6-14-20/h1-18,25H. The van der Waals surface area contributed by atoms with Crippen molar-refractivity contribution in [1.82, 2.24) is 9.97 Å². The molecule has 0 radical (unpaired) electrons. The van der Waals surface area contributed by atoms with E-state index in [4.69, 9.17) is 21.6 Å². The Morgan fingerprint density at radius 2 is 0.938 bits per heavy atom. The van der Waals surface area contributed by atoms with Crippen LogP contribution in [0.15, 0.2) is 109 Å². The average Bonchev–Trinajstić information content (AvgIpc) is 3.19. The Bertz CT molecular complexity index is 1380. The molecule has 0 N–H and O–H groups in total. The molecule has 1 aliphatic carbocycles. The topological polar surface area (TPSA) is 25.8 Å². The van der Waals surface area contributed by atoms with Gasteiger partial charge < -0.3 is 0 Å². The molecule has 0 spiro atoms. The second-order valence-electron chi connectivity index (χ2n) is 7.94. The molecule has 3 heteroatoms. The molecule has 0 unspecified atom stereocenters. The monoisotopic (exact) mass is 430 g/mol. The van der Waals surface area contributed by atoms with E-state index in [9.17, 15) is 0 Å². The minimum Gasteiger partial charge on any atom is -0.246 e. The molecule has 1 heterocycles. The van der Waals surface area contributed by atoms with Crippen LogP contribution in [0.4, 0.5) is 0 Å². The molecule has 0 saturated carbocycles. The Morgan fingerprint density at radius 1 is 0.500 bits per heavy atom. The summed E-state index contributed by atoms with van der Waals surface area (Å²) >= 11 is 6.88. The SMILES string of the molecule is Clc1nc(-c2ccccc2)c(-c2ccccc2)nc1C1c2ccccc2-c2ccccc21. The highest BCUT2D eigenvalue weighted by Gasteiger charge is 2.33. The Kier molecular flexibility index (Phi) is 4.59. The summed E-state index contributed by atoms with van der Waals surface area (Å²) in [6.07, 6.45) is 0. The zero-order valence-corrected chi connectivity index (χ0v) is 18.0. The summed E-state index contributed by atoms with van der Waals surface area (Å²) in [4.78, 5) is 10.1. The van der Waals surface area contributed by atoms with Gasteiger partial charge in [0.1, 0.15) is 0 Å². The largest absolute Gasteiger partial charge is 0.246 e. The number of rotatable bonds is 3. The summed E-state index contributed by atoms with van der Waals surface area (Å²) in [6, 6.07) is 37.3. The van der Waals surface area contributed by atoms with Gasteiger partial charge in [-0.2, -0.15) is 0 Å². The Labute approximate surface area is 192 Å². The third-order valence-electron chi connectivity index (χ3n) is 6.08. The zero-order chi connectivity index (χ0) is 21.5. The van der Waals surface area contributed by atoms with Gasteiger partial charge in [0.2, 0.25) is 0 Å². The maximum atomic E-state index is 6.88. The third kappa shape index (κ3) is 3.04. The smallest absolute Gasteiger partial charge is 0.152 e. The van der Waals surface area contributed by atoms with Gasteiger partial charge in [-0.3, -0.25) is 0 Å². The van der Waals surface area contributed by atoms with Gasteiger partial charge in [0.05, 0.1) is 23.0 Å². The van der Waals surface area contributed by atoms with Crippen molar-refractivity contribution >= 4 is 11.6 Å². The fraction of sp³-hybridized carbons (Fsp3) is 0.0345. The van der Waals surface area contributed by atoms with Crippen molar-refractivity contribution < 1.29 is 0 Å². The lowest BCUT2D eigenvalue weighted by molar-refractivity contribution is 0.930. The molecular weight excluding hydrogens is 412 g/mol. The molecule has 0 aliphatic heterocycles. The van der Waals surface area contributed by atoms with Crippen molar-refractivity contribution in [2.75, 3.05) is 0 Å². The number of fused-ring (bicyclic) bond motifs is 3. The molecule has 0 atom stereocenters. The van der Waals surface area contributed by atoms with Gasteiger partial charge in [-0.05, 0) is 22.3 Å². The highest BCUT2D eigenvalue weighted by Crippen LogP contribution is 2.49. The number of hydrogen-bond donors (Lipinski definition) is 0. The summed E-state index contributed by atoms with van der Waals surface area (Å²) in [6.45, 7) is 0. The maximum Gasteiger partial charge on any atom is 0.152 e. The minimum absolute atomic E-state index is 0.0466. The molecule has 5 aromatic rings. The van der Waals surface area contributed by atoms with E-state index < -0.39 is 0 Å². The molecule has 0 fully saturated rings. The van der Waals surface area contributed by atoms with E-state index in [1.54, 1.807) is 0 Å². The Balaban J connectivity index is 1.62. The highest BCUT2D eigenvalue weighted by atomic mass is 35.5. The predicted molar refractivity (Wildman–Crippen MR) is 131 cm³/mol. The van der Waals surface area contributed by atoms with Crippen molar-refractivity contribution in [2.24, 2.45) is 0 Å². The summed E-state index contributed by atoms with van der Waals surface area (Å²) in [7, 11) is 0. The molecule has 0 saturated heterocycles. The van der Waals surface area contributed by atoms with Crippen LogP contribution in [-0.2, 0) is 0 Å². The van der Waals surface area contributed by atoms with Crippen molar-refractivity contribution in [3.63, 3.8) is 0 Å². The van der Waals surface area contributed by atoms with Crippen LogP contribution < -0.4 is 0 Å². The zero-order valence-electron chi connectivity index (χ0n) is 17.2. The first-order valence-electron chi connectivity index (χ1n) is 10.7. The van der Waals surface area contributed by atoms with E-state index in [1.807, 2.05) is 48.5 Å². The van der Waals surface area contributed by atoms with Crippen LogP contribution in [-0.4, -0.2) is 9.97 Å². The summed E-state index contributed by atoms with van der Waals surface area (Å²) in [5, 5.41) is 0.444. The van der Waals surface area contributed by atoms with E-state index in [0.717, 1.165) is 28.2 Å². The molecule has 6 rings (SSSR count). The molecule has 0 amide bonds. The lowest BCUT2D eigenvalue weighted by Crippen LogP contribution is -2.07. The molecule has 32 heavy (non-hydrogen) atoms. The molecule has 2 nitrogen and oxygen atoms in total. The molecule has 152 valence electrons. The van der Waals surface area contributed by atoms with Gasteiger partial charge in [-0.15, -0.1) is 0 Å². The van der Waals surface area contributed by atoms with E-state index in [0.29, 0.717) is 5.15 Å². The fourth-order valence-corrected chi connectivity index (χ4v) is 4.89. The van der Waals surface area contributed by atoms with Crippen LogP contribution in [0.25, 0.3) is 33.6 Å². The van der Waals surface area contributed by atoms with E-state index in [1.165, 1.54) is 22.3 Å². The molecule has 4 aromatic carbocycles. The molecule has 1 aliphatic rings. The van der Waals surface area contributed by atoms with Crippen LogP contribution in [0.2, 0.25) is 5.15 Å². The normalized spacial score (nSPS) is 12.4. The quantitative estimate of drug-likeness (QED) is 0.288. The van der Waals surface area contributed by atoms with Crippen molar-refractivity contribution in [2.45, 2.75) is 5.92 Å². The molecular formula is C29H19ClN2. The lowest BCUT2D eigenvalue weighted by Gasteiger charge is -2.18. The van der Waals surface area contributed by atoms with Crippen molar-refractivity contribution in [1.29, 1.82) is 0 Å². The average molecular weight is 431 g/mol. The van der Waals surface area contributed by atoms with Crippen molar-refractivity contribution in [3.8, 4) is 33.6 Å². The van der Waals surface area contributed by atoms with Gasteiger partial charge in [-0.1, -0.05) is 121 Å². The molecule has 0 bridgehead atoms. The first-order chi connectivity index (χ1) is 15.8. The fourth-order valence-electron chi connectivity index (χ4n) is 4.66. The van der Waals surface area contributed by atoms with Gasteiger partial charge in [0, 0.05) is 11.1 Å². The van der Waals surface area contributed by atoms with Crippen LogP contribution in [0.5, 0.6) is 0 Å². The van der Waals surface area contributed by atoms with E-state index in [-0.39, 0.29) is 5.92 Å². The number of nitrogens with zero attached hydrogens (tertiary/aromatic N) is 2. The van der Waals surface area contributed by atoms with Crippen LogP contribution in [0, 0.1) is 0 Å². The van der Waals surface area contributed by atoms with E-state index in [2.05, 4.69) is 60.7 Å². The van der Waals surface area contributed by atoms with Crippen LogP contribution in [0.3, 0.4) is 0 Å². The first kappa shape index (κ1) is 19.0. The summed E-state index contributed by atoms with van der Waals surface area (Å²) in [5.74, 6) is -0.0466. The van der Waals surface area contributed by atoms with Gasteiger partial charge in [0.15, 0.2) is 5.15 Å². The second kappa shape index (κ2) is 7.74. The maximum absolute atomic E-state index is 6.88. The Morgan fingerprint density at radius 3 is 1.47 bits per heavy atom. The Hall–Kier alpha value is -3.75. The number of aromatic nitrogens is 2. The summed E-state index contributed by atoms with van der Waals surface area (Å²) < 4.78 is 0. The van der Waals surface area contributed by atoms with Crippen molar-refractivity contribution in [3.05, 3.63) is 131 Å².